The van der Waals surface area contributed by atoms with Gasteiger partial charge in [-0.2, -0.15) is 0 Å². The summed E-state index contributed by atoms with van der Waals surface area (Å²) in [5, 5.41) is 28.9. The summed E-state index contributed by atoms with van der Waals surface area (Å²) in [6, 6.07) is 0. The fourth-order valence-electron chi connectivity index (χ4n) is 3.53. The average molecular weight is 379 g/mol. The van der Waals surface area contributed by atoms with Gasteiger partial charge in [0.2, 0.25) is 0 Å². The predicted molar refractivity (Wildman–Crippen MR) is 106 cm³/mol. The Labute approximate surface area is 162 Å². The van der Waals surface area contributed by atoms with Crippen LogP contribution >= 0.6 is 0 Å². The Bertz CT molecular complexity index is 549. The third kappa shape index (κ3) is 9.16. The number of Topliss-reactive ketones (excluding diaryl/α,β-unsaturated/α-hetero) is 1. The van der Waals surface area contributed by atoms with Crippen molar-refractivity contribution in [1.29, 1.82) is 0 Å². The first kappa shape index (κ1) is 23.3. The van der Waals surface area contributed by atoms with E-state index in [0.717, 1.165) is 25.3 Å². The number of aliphatic hydroxyl groups excluding tert-OH is 2. The zero-order chi connectivity index (χ0) is 20.2. The number of unbranched alkanes of at least 4 members (excludes halogenated alkanes) is 1. The molecule has 0 radical (unpaired) electrons. The number of carbonyl (C=O) groups is 2. The summed E-state index contributed by atoms with van der Waals surface area (Å²) in [7, 11) is 0. The lowest BCUT2D eigenvalue weighted by Crippen LogP contribution is -2.19. The second-order valence-corrected chi connectivity index (χ2v) is 7.55. The zero-order valence-corrected chi connectivity index (χ0v) is 16.5. The highest BCUT2D eigenvalue weighted by atomic mass is 16.4. The molecule has 1 fully saturated rings. The number of hydrogen-bond acceptors (Lipinski definition) is 4. The molecule has 152 valence electrons. The molecule has 1 aliphatic rings. The highest BCUT2D eigenvalue weighted by Crippen LogP contribution is 2.33. The molecule has 0 unspecified atom stereocenters. The van der Waals surface area contributed by atoms with E-state index in [4.69, 9.17) is 5.11 Å². The molecule has 5 atom stereocenters. The number of aliphatic carboxylic acids is 1. The fraction of sp³-hybridized carbons (Fsp3) is 0.636. The largest absolute Gasteiger partial charge is 0.478 e. The average Bonchev–Trinajstić information content (AvgIpc) is 2.87. The standard InChI is InChI=1S/C22H34O5/c1-3-4-9-16(2)14-17(23)12-13-19-18(20(24)15-21(19)25)10-7-5-6-8-11-22(26)27/h5,7-8,11-13,16-20,23-24H,3-4,6,9-10,14-15H2,1-2H3,(H,26,27)/b7-5-,11-8+,13-12+/t16-,17+,18+,19+,20-/m0/s1. The van der Waals surface area contributed by atoms with Gasteiger partial charge in [-0.05, 0) is 25.2 Å². The molecular weight excluding hydrogens is 344 g/mol. The lowest BCUT2D eigenvalue weighted by molar-refractivity contribution is -0.131. The van der Waals surface area contributed by atoms with Gasteiger partial charge in [0.25, 0.3) is 0 Å². The van der Waals surface area contributed by atoms with Crippen LogP contribution in [0, 0.1) is 17.8 Å². The molecule has 0 amide bonds. The first-order valence-electron chi connectivity index (χ1n) is 9.96. The van der Waals surface area contributed by atoms with Crippen molar-refractivity contribution in [3.63, 3.8) is 0 Å². The van der Waals surface area contributed by atoms with Gasteiger partial charge in [-0.25, -0.2) is 4.79 Å². The number of carboxylic acids is 1. The summed E-state index contributed by atoms with van der Waals surface area (Å²) >= 11 is 0. The first-order valence-corrected chi connectivity index (χ1v) is 9.96. The van der Waals surface area contributed by atoms with Gasteiger partial charge in [-0.1, -0.05) is 63.5 Å². The molecule has 0 aromatic rings. The number of rotatable bonds is 12. The molecule has 0 saturated heterocycles. The van der Waals surface area contributed by atoms with Crippen molar-refractivity contribution in [1.82, 2.24) is 0 Å². The lowest BCUT2D eigenvalue weighted by Gasteiger charge is -2.18. The molecule has 1 rings (SSSR count). The number of carbonyl (C=O) groups excluding carboxylic acids is 1. The smallest absolute Gasteiger partial charge is 0.327 e. The minimum atomic E-state index is -0.979. The molecule has 0 aromatic carbocycles. The van der Waals surface area contributed by atoms with Gasteiger partial charge < -0.3 is 15.3 Å². The molecule has 5 heteroatoms. The Hall–Kier alpha value is -1.72. The normalized spacial score (nSPS) is 25.8. The van der Waals surface area contributed by atoms with E-state index in [2.05, 4.69) is 13.8 Å². The highest BCUT2D eigenvalue weighted by molar-refractivity contribution is 5.86. The van der Waals surface area contributed by atoms with E-state index in [1.54, 1.807) is 18.2 Å². The Morgan fingerprint density at radius 1 is 1.30 bits per heavy atom. The van der Waals surface area contributed by atoms with Crippen molar-refractivity contribution in [2.24, 2.45) is 17.8 Å². The fourth-order valence-corrected chi connectivity index (χ4v) is 3.53. The van der Waals surface area contributed by atoms with E-state index in [9.17, 15) is 19.8 Å². The van der Waals surface area contributed by atoms with Crippen molar-refractivity contribution in [2.75, 3.05) is 0 Å². The Morgan fingerprint density at radius 2 is 2.04 bits per heavy atom. The molecule has 0 spiro atoms. The number of carboxylic acid groups (broad SMARTS) is 1. The van der Waals surface area contributed by atoms with Gasteiger partial charge >= 0.3 is 5.97 Å². The summed E-state index contributed by atoms with van der Waals surface area (Å²) in [6.45, 7) is 4.28. The molecule has 0 aromatic heterocycles. The molecule has 3 N–H and O–H groups in total. The van der Waals surface area contributed by atoms with Crippen molar-refractivity contribution < 1.29 is 24.9 Å². The van der Waals surface area contributed by atoms with Gasteiger partial charge in [-0.15, -0.1) is 0 Å². The lowest BCUT2D eigenvalue weighted by atomic mass is 9.89. The van der Waals surface area contributed by atoms with Crippen LogP contribution in [-0.2, 0) is 9.59 Å². The van der Waals surface area contributed by atoms with Crippen LogP contribution < -0.4 is 0 Å². The van der Waals surface area contributed by atoms with Crippen molar-refractivity contribution in [2.45, 2.75) is 71.0 Å². The van der Waals surface area contributed by atoms with E-state index < -0.39 is 18.2 Å². The quantitative estimate of drug-likeness (QED) is 0.356. The van der Waals surface area contributed by atoms with Crippen LogP contribution in [0.1, 0.15) is 58.8 Å². The second kappa shape index (κ2) is 12.6. The zero-order valence-electron chi connectivity index (χ0n) is 16.5. The van der Waals surface area contributed by atoms with Crippen molar-refractivity contribution >= 4 is 11.8 Å². The molecule has 1 aliphatic carbocycles. The Kier molecular flexibility index (Phi) is 10.9. The maximum Gasteiger partial charge on any atom is 0.327 e. The number of allylic oxidation sites excluding steroid dienone is 4. The number of ketones is 1. The van der Waals surface area contributed by atoms with Crippen molar-refractivity contribution in [3.8, 4) is 0 Å². The minimum Gasteiger partial charge on any atom is -0.478 e. The predicted octanol–water partition coefficient (Wildman–Crippen LogP) is 3.66. The van der Waals surface area contributed by atoms with Crippen LogP contribution in [0.3, 0.4) is 0 Å². The summed E-state index contributed by atoms with van der Waals surface area (Å²) < 4.78 is 0. The third-order valence-electron chi connectivity index (χ3n) is 5.08. The first-order chi connectivity index (χ1) is 12.8. The minimum absolute atomic E-state index is 0.00848. The maximum absolute atomic E-state index is 12.2. The molecule has 5 nitrogen and oxygen atoms in total. The van der Waals surface area contributed by atoms with Crippen LogP contribution in [0.5, 0.6) is 0 Å². The topological polar surface area (TPSA) is 94.8 Å². The summed E-state index contributed by atoms with van der Waals surface area (Å²) in [5.41, 5.74) is 0. The monoisotopic (exact) mass is 378 g/mol. The van der Waals surface area contributed by atoms with E-state index in [1.165, 1.54) is 0 Å². The van der Waals surface area contributed by atoms with Crippen LogP contribution in [0.2, 0.25) is 0 Å². The van der Waals surface area contributed by atoms with Gasteiger partial charge in [0.1, 0.15) is 5.78 Å². The number of aliphatic hydroxyl groups is 2. The van der Waals surface area contributed by atoms with Crippen LogP contribution in [0.25, 0.3) is 0 Å². The molecule has 27 heavy (non-hydrogen) atoms. The van der Waals surface area contributed by atoms with Gasteiger partial charge in [0.15, 0.2) is 0 Å². The molecular formula is C22H34O5. The maximum atomic E-state index is 12.2. The van der Waals surface area contributed by atoms with Crippen LogP contribution in [-0.4, -0.2) is 39.3 Å². The van der Waals surface area contributed by atoms with Gasteiger partial charge in [0, 0.05) is 24.3 Å². The van der Waals surface area contributed by atoms with Crippen LogP contribution in [0.15, 0.2) is 36.5 Å². The second-order valence-electron chi connectivity index (χ2n) is 7.55. The van der Waals surface area contributed by atoms with Crippen molar-refractivity contribution in [3.05, 3.63) is 36.5 Å². The number of hydrogen-bond donors (Lipinski definition) is 3. The summed E-state index contributed by atoms with van der Waals surface area (Å²) in [5.74, 6) is -1.10. The van der Waals surface area contributed by atoms with E-state index in [-0.39, 0.29) is 24.0 Å². The SMILES string of the molecule is CCCC[C@H](C)C[C@H](O)/C=C/[C@H]1C(=O)C[C@H](O)[C@@H]1C/C=C\C/C=C/C(=O)O. The van der Waals surface area contributed by atoms with E-state index in [1.807, 2.05) is 12.2 Å². The Morgan fingerprint density at radius 3 is 2.70 bits per heavy atom. The Balaban J connectivity index is 2.56. The van der Waals surface area contributed by atoms with Gasteiger partial charge in [-0.3, -0.25) is 4.79 Å². The van der Waals surface area contributed by atoms with Crippen LogP contribution in [0.4, 0.5) is 0 Å². The summed E-state index contributed by atoms with van der Waals surface area (Å²) in [4.78, 5) is 22.6. The molecule has 0 bridgehead atoms. The third-order valence-corrected chi connectivity index (χ3v) is 5.08. The molecule has 1 saturated carbocycles. The van der Waals surface area contributed by atoms with E-state index in [0.29, 0.717) is 25.2 Å². The summed E-state index contributed by atoms with van der Waals surface area (Å²) in [6.07, 6.45) is 13.8. The molecule has 0 aliphatic heterocycles. The van der Waals surface area contributed by atoms with E-state index >= 15 is 0 Å². The molecule has 0 heterocycles. The highest BCUT2D eigenvalue weighted by Gasteiger charge is 2.39. The van der Waals surface area contributed by atoms with Gasteiger partial charge in [0.05, 0.1) is 12.2 Å².